The average molecular weight is 912 g/mol. The fourth-order valence-corrected chi connectivity index (χ4v) is 6.22. The van der Waals surface area contributed by atoms with E-state index >= 15 is 0 Å². The van der Waals surface area contributed by atoms with Crippen LogP contribution in [0.5, 0.6) is 0 Å². The minimum Gasteiger partial charge on any atom is -0.478 e. The number of aromatic nitrogens is 8. The Morgan fingerprint density at radius 1 is 0.650 bits per heavy atom. The van der Waals surface area contributed by atoms with E-state index in [-0.39, 0.29) is 32.8 Å². The SMILES string of the molecule is C=Cc1c(C(F)(F)C(F)(F)F)nn(C)c1-n1cc(-c2ccc(Cl)c(C(=O)Cl)c2)cn1.C=Cc1c(C(F)(F)C(F)(F)F)nn(C)c1-n1cc(-c2ccc(Cl)c(C(=O)O)c2)cn1. The van der Waals surface area contributed by atoms with Gasteiger partial charge in [0.1, 0.15) is 0 Å². The molecule has 4 aromatic heterocycles. The van der Waals surface area contributed by atoms with E-state index in [1.54, 1.807) is 6.07 Å². The third-order valence-corrected chi connectivity index (χ3v) is 9.32. The molecule has 6 rings (SSSR count). The van der Waals surface area contributed by atoms with E-state index in [2.05, 4.69) is 33.6 Å². The summed E-state index contributed by atoms with van der Waals surface area (Å²) in [5, 5.41) is 23.3. The zero-order valence-electron chi connectivity index (χ0n) is 30.1. The second kappa shape index (κ2) is 16.3. The minimum absolute atomic E-state index is 0.0123. The Hall–Kier alpha value is -5.93. The highest BCUT2D eigenvalue weighted by atomic mass is 35.5. The summed E-state index contributed by atoms with van der Waals surface area (Å²) in [6.45, 7) is 6.65. The quantitative estimate of drug-likeness (QED) is 0.107. The lowest BCUT2D eigenvalue weighted by Gasteiger charge is -2.18. The zero-order valence-corrected chi connectivity index (χ0v) is 32.4. The van der Waals surface area contributed by atoms with Crippen molar-refractivity contribution in [3.05, 3.63) is 118 Å². The molecule has 4 heterocycles. The van der Waals surface area contributed by atoms with Crippen molar-refractivity contribution >= 4 is 58.2 Å². The van der Waals surface area contributed by atoms with Gasteiger partial charge in [-0.1, -0.05) is 60.6 Å². The summed E-state index contributed by atoms with van der Waals surface area (Å²) in [7, 11) is 2.39. The molecular weight excluding hydrogens is 889 g/mol. The number of aromatic carboxylic acids is 1. The summed E-state index contributed by atoms with van der Waals surface area (Å²) in [6, 6.07) is 8.56. The number of hydrogen-bond donors (Lipinski definition) is 1. The van der Waals surface area contributed by atoms with Gasteiger partial charge in [0.2, 0.25) is 0 Å². The van der Waals surface area contributed by atoms with Gasteiger partial charge in [-0.05, 0) is 47.0 Å². The second-order valence-corrected chi connectivity index (χ2v) is 13.4. The molecule has 0 aliphatic carbocycles. The summed E-state index contributed by atoms with van der Waals surface area (Å²) >= 11 is 17.2. The van der Waals surface area contributed by atoms with Crippen LogP contribution < -0.4 is 0 Å². The molecule has 0 saturated heterocycles. The molecule has 0 amide bonds. The maximum Gasteiger partial charge on any atom is 0.459 e. The molecule has 0 radical (unpaired) electrons. The van der Waals surface area contributed by atoms with Crippen LogP contribution in [-0.2, 0) is 25.9 Å². The van der Waals surface area contributed by atoms with E-state index < -0.39 is 57.9 Å². The summed E-state index contributed by atoms with van der Waals surface area (Å²) in [6.07, 6.45) is -4.68. The molecule has 1 N–H and O–H groups in total. The minimum atomic E-state index is -5.85. The lowest BCUT2D eigenvalue weighted by atomic mass is 10.1. The largest absolute Gasteiger partial charge is 0.478 e. The zero-order chi connectivity index (χ0) is 44.9. The van der Waals surface area contributed by atoms with E-state index in [4.69, 9.17) is 34.8 Å². The van der Waals surface area contributed by atoms with Gasteiger partial charge in [-0.25, -0.2) is 23.5 Å². The molecule has 24 heteroatoms. The van der Waals surface area contributed by atoms with E-state index in [0.717, 1.165) is 30.9 Å². The molecule has 6 aromatic rings. The fraction of sp³-hybridized carbons (Fsp3) is 0.167. The Kier molecular flexibility index (Phi) is 12.2. The van der Waals surface area contributed by atoms with Crippen molar-refractivity contribution in [2.75, 3.05) is 0 Å². The maximum atomic E-state index is 13.9. The van der Waals surface area contributed by atoms with Crippen LogP contribution in [0.15, 0.2) is 74.3 Å². The Balaban J connectivity index is 0.000000228. The lowest BCUT2D eigenvalue weighted by molar-refractivity contribution is -0.291. The van der Waals surface area contributed by atoms with Crippen LogP contribution in [0, 0.1) is 0 Å². The van der Waals surface area contributed by atoms with Crippen LogP contribution in [0.2, 0.25) is 10.0 Å². The molecule has 60 heavy (non-hydrogen) atoms. The van der Waals surface area contributed by atoms with Crippen molar-refractivity contribution in [3.8, 4) is 33.9 Å². The average Bonchev–Trinajstić information content (AvgIpc) is 3.96. The molecule has 316 valence electrons. The second-order valence-electron chi connectivity index (χ2n) is 12.3. The number of carboxylic acids is 1. The van der Waals surface area contributed by atoms with Crippen molar-refractivity contribution in [1.82, 2.24) is 39.1 Å². The Bertz CT molecular complexity index is 2480. The van der Waals surface area contributed by atoms with Gasteiger partial charge in [0, 0.05) is 48.7 Å². The predicted molar refractivity (Wildman–Crippen MR) is 199 cm³/mol. The first-order valence-corrected chi connectivity index (χ1v) is 17.3. The molecular formula is C36H23Cl3F10N8O3. The number of rotatable bonds is 10. The van der Waals surface area contributed by atoms with Crippen LogP contribution >= 0.6 is 34.8 Å². The third-order valence-electron chi connectivity index (χ3n) is 8.46. The number of nitrogens with zero attached hydrogens (tertiary/aromatic N) is 8. The molecule has 0 aliphatic heterocycles. The number of carbonyl (C=O) groups is 2. The molecule has 2 aromatic carbocycles. The number of hydrogen-bond acceptors (Lipinski definition) is 6. The van der Waals surface area contributed by atoms with E-state index in [0.29, 0.717) is 22.3 Å². The van der Waals surface area contributed by atoms with Gasteiger partial charge in [0.05, 0.1) is 33.6 Å². The molecule has 0 atom stereocenters. The van der Waals surface area contributed by atoms with Gasteiger partial charge in [-0.15, -0.1) is 0 Å². The lowest BCUT2D eigenvalue weighted by Crippen LogP contribution is -2.34. The highest BCUT2D eigenvalue weighted by Crippen LogP contribution is 2.47. The van der Waals surface area contributed by atoms with E-state index in [9.17, 15) is 58.6 Å². The highest BCUT2D eigenvalue weighted by molar-refractivity contribution is 6.68. The molecule has 0 bridgehead atoms. The van der Waals surface area contributed by atoms with Crippen LogP contribution in [-0.4, -0.2) is 67.8 Å². The van der Waals surface area contributed by atoms with Crippen molar-refractivity contribution in [2.45, 2.75) is 24.2 Å². The highest BCUT2D eigenvalue weighted by Gasteiger charge is 2.62. The van der Waals surface area contributed by atoms with Gasteiger partial charge in [-0.2, -0.15) is 64.3 Å². The van der Waals surface area contributed by atoms with Crippen molar-refractivity contribution in [3.63, 3.8) is 0 Å². The molecule has 0 unspecified atom stereocenters. The summed E-state index contributed by atoms with van der Waals surface area (Å²) in [5.41, 5.74) is -2.52. The predicted octanol–water partition coefficient (Wildman–Crippen LogP) is 10.5. The first-order valence-electron chi connectivity index (χ1n) is 16.2. The van der Waals surface area contributed by atoms with Crippen molar-refractivity contribution < 1.29 is 58.6 Å². The summed E-state index contributed by atoms with van der Waals surface area (Å²) < 4.78 is 136. The Morgan fingerprint density at radius 3 is 1.35 bits per heavy atom. The summed E-state index contributed by atoms with van der Waals surface area (Å²) in [4.78, 5) is 22.7. The number of alkyl halides is 10. The molecule has 11 nitrogen and oxygen atoms in total. The molecule has 0 saturated carbocycles. The standard InChI is InChI=1S/C18H11Cl2F5N4O.C18H12ClF5N4O2/c1-3-11-14(17(21,22)18(23,24)25)27-28(2)16(11)29-8-10(7-26-29)9-4-5-13(19)12(6-9)15(20)30;1-3-11-14(17(20,21)18(22,23)24)26-27(2)15(11)28-8-10(7-25-28)9-4-5-13(19)12(6-9)16(29)30/h3-8H,1H2,2H3;3-8H,1H2,2H3,(H,29,30). The van der Waals surface area contributed by atoms with Gasteiger partial charge in [-0.3, -0.25) is 4.79 Å². The summed E-state index contributed by atoms with van der Waals surface area (Å²) in [5.74, 6) is -12.0. The van der Waals surface area contributed by atoms with Gasteiger partial charge < -0.3 is 5.11 Å². The number of carboxylic acid groups (broad SMARTS) is 1. The topological polar surface area (TPSA) is 126 Å². The number of aryl methyl sites for hydroxylation is 2. The van der Waals surface area contributed by atoms with E-state index in [1.807, 2.05) is 0 Å². The normalized spacial score (nSPS) is 12.2. The van der Waals surface area contributed by atoms with Crippen molar-refractivity contribution in [2.24, 2.45) is 14.1 Å². The van der Waals surface area contributed by atoms with Gasteiger partial charge in [0.25, 0.3) is 5.24 Å². The van der Waals surface area contributed by atoms with Crippen LogP contribution in [0.25, 0.3) is 46.0 Å². The Labute approximate surface area is 345 Å². The van der Waals surface area contributed by atoms with E-state index in [1.165, 1.54) is 69.2 Å². The number of halogens is 13. The van der Waals surface area contributed by atoms with Crippen LogP contribution in [0.3, 0.4) is 0 Å². The monoisotopic (exact) mass is 910 g/mol. The number of benzene rings is 2. The molecule has 0 spiro atoms. The van der Waals surface area contributed by atoms with Crippen LogP contribution in [0.1, 0.15) is 43.2 Å². The first kappa shape index (κ1) is 45.2. The molecule has 0 aliphatic rings. The van der Waals surface area contributed by atoms with Crippen LogP contribution in [0.4, 0.5) is 43.9 Å². The van der Waals surface area contributed by atoms with Gasteiger partial charge >= 0.3 is 30.2 Å². The third kappa shape index (κ3) is 8.28. The van der Waals surface area contributed by atoms with Gasteiger partial charge in [0.15, 0.2) is 23.0 Å². The molecule has 0 fully saturated rings. The maximum absolute atomic E-state index is 13.9. The smallest absolute Gasteiger partial charge is 0.459 e. The number of carbonyl (C=O) groups excluding carboxylic acids is 1. The first-order chi connectivity index (χ1) is 27.8. The fourth-order valence-electron chi connectivity index (χ4n) is 5.61. The van der Waals surface area contributed by atoms with Crippen molar-refractivity contribution in [1.29, 1.82) is 0 Å². The Morgan fingerprint density at radius 2 is 1.02 bits per heavy atom.